The second-order valence-corrected chi connectivity index (χ2v) is 3.80. The Morgan fingerprint density at radius 2 is 2.18 bits per heavy atom. The third kappa shape index (κ3) is 1.28. The zero-order chi connectivity index (χ0) is 8.65. The van der Waals surface area contributed by atoms with Gasteiger partial charge in [0.15, 0.2) is 0 Å². The molecule has 0 aromatic rings. The number of allylic oxidation sites excluding steroid dienone is 4. The molecule has 0 aromatic heterocycles. The molecule has 60 valence electrons. The molecule has 0 spiro atoms. The summed E-state index contributed by atoms with van der Waals surface area (Å²) in [6, 6.07) is 0. The predicted octanol–water partition coefficient (Wildman–Crippen LogP) is 3.65. The van der Waals surface area contributed by atoms with E-state index >= 15 is 0 Å². The Balaban J connectivity index is 3.00. The van der Waals surface area contributed by atoms with Crippen molar-refractivity contribution in [1.82, 2.24) is 0 Å². The van der Waals surface area contributed by atoms with Crippen LogP contribution in [0.1, 0.15) is 20.8 Å². The summed E-state index contributed by atoms with van der Waals surface area (Å²) in [5.74, 6) is 0. The molecule has 0 N–H and O–H groups in total. The van der Waals surface area contributed by atoms with E-state index in [0.717, 1.165) is 5.57 Å². The normalized spacial score (nSPS) is 24.4. The van der Waals surface area contributed by atoms with Crippen LogP contribution >= 0.6 is 11.6 Å². The molecule has 0 saturated heterocycles. The topological polar surface area (TPSA) is 0 Å². The van der Waals surface area contributed by atoms with Crippen LogP contribution in [0, 0.1) is 5.41 Å². The zero-order valence-electron chi connectivity index (χ0n) is 7.24. The molecule has 11 heavy (non-hydrogen) atoms. The Hall–Kier alpha value is -0.490. The van der Waals surface area contributed by atoms with Crippen LogP contribution in [0.5, 0.6) is 0 Å². The van der Waals surface area contributed by atoms with Gasteiger partial charge in [-0.3, -0.25) is 0 Å². The minimum Gasteiger partial charge on any atom is -0.0955 e. The van der Waals surface area contributed by atoms with Crippen LogP contribution in [0.15, 0.2) is 34.9 Å². The first-order chi connectivity index (χ1) is 4.99. The molecule has 1 heteroatoms. The van der Waals surface area contributed by atoms with Gasteiger partial charge < -0.3 is 0 Å². The van der Waals surface area contributed by atoms with E-state index in [2.05, 4.69) is 26.5 Å². The molecule has 0 nitrogen and oxygen atoms in total. The van der Waals surface area contributed by atoms with Gasteiger partial charge in [0.25, 0.3) is 0 Å². The number of hydrogen-bond donors (Lipinski definition) is 0. The lowest BCUT2D eigenvalue weighted by Gasteiger charge is -2.36. The third-order valence-corrected chi connectivity index (χ3v) is 2.28. The number of halogens is 1. The van der Waals surface area contributed by atoms with Gasteiger partial charge in [0.05, 0.1) is 0 Å². The van der Waals surface area contributed by atoms with E-state index in [1.165, 1.54) is 11.1 Å². The van der Waals surface area contributed by atoms with Crippen molar-refractivity contribution in [1.29, 1.82) is 0 Å². The van der Waals surface area contributed by atoms with E-state index in [1.54, 1.807) is 5.54 Å². The van der Waals surface area contributed by atoms with Crippen LogP contribution in [0.2, 0.25) is 0 Å². The number of rotatable bonds is 1. The standard InChI is InChI=1S/C10H13Cl/c1-7(2)8-5-10(3,4)9(8)6-11/h5-6H,1H2,2-4H3/b9-6+. The Labute approximate surface area is 73.3 Å². The van der Waals surface area contributed by atoms with E-state index in [9.17, 15) is 0 Å². The molecule has 0 radical (unpaired) electrons. The Morgan fingerprint density at radius 1 is 1.64 bits per heavy atom. The predicted molar refractivity (Wildman–Crippen MR) is 50.6 cm³/mol. The molecule has 1 aliphatic rings. The summed E-state index contributed by atoms with van der Waals surface area (Å²) in [5, 5.41) is 0. The Bertz CT molecular complexity index is 254. The van der Waals surface area contributed by atoms with Gasteiger partial charge in [0.2, 0.25) is 0 Å². The van der Waals surface area contributed by atoms with Gasteiger partial charge in [-0.2, -0.15) is 0 Å². The summed E-state index contributed by atoms with van der Waals surface area (Å²) in [6.07, 6.45) is 2.20. The summed E-state index contributed by atoms with van der Waals surface area (Å²) < 4.78 is 0. The maximum absolute atomic E-state index is 5.68. The maximum Gasteiger partial charge on any atom is 0.00991 e. The smallest absolute Gasteiger partial charge is 0.00991 e. The molecule has 0 saturated carbocycles. The quantitative estimate of drug-likeness (QED) is 0.561. The highest BCUT2D eigenvalue weighted by Crippen LogP contribution is 2.46. The van der Waals surface area contributed by atoms with Crippen molar-refractivity contribution in [2.75, 3.05) is 0 Å². The molecule has 1 aliphatic carbocycles. The molecule has 0 heterocycles. The van der Waals surface area contributed by atoms with Crippen molar-refractivity contribution in [2.45, 2.75) is 20.8 Å². The first kappa shape index (κ1) is 8.61. The van der Waals surface area contributed by atoms with Crippen molar-refractivity contribution in [3.8, 4) is 0 Å². The lowest BCUT2D eigenvalue weighted by Crippen LogP contribution is -2.23. The second-order valence-electron chi connectivity index (χ2n) is 3.58. The molecule has 0 unspecified atom stereocenters. The lowest BCUT2D eigenvalue weighted by molar-refractivity contribution is 0.543. The molecular weight excluding hydrogens is 156 g/mol. The molecule has 0 aliphatic heterocycles. The molecule has 0 amide bonds. The van der Waals surface area contributed by atoms with E-state index in [-0.39, 0.29) is 5.41 Å². The highest BCUT2D eigenvalue weighted by molar-refractivity contribution is 6.26. The highest BCUT2D eigenvalue weighted by Gasteiger charge is 2.32. The molecular formula is C10H13Cl. The summed E-state index contributed by atoms with van der Waals surface area (Å²) >= 11 is 5.68. The summed E-state index contributed by atoms with van der Waals surface area (Å²) in [4.78, 5) is 0. The Morgan fingerprint density at radius 3 is 2.36 bits per heavy atom. The fourth-order valence-corrected chi connectivity index (χ4v) is 1.74. The van der Waals surface area contributed by atoms with E-state index in [4.69, 9.17) is 11.6 Å². The van der Waals surface area contributed by atoms with Crippen molar-refractivity contribution < 1.29 is 0 Å². The molecule has 0 bridgehead atoms. The zero-order valence-corrected chi connectivity index (χ0v) is 8.00. The van der Waals surface area contributed by atoms with Crippen LogP contribution in [0.4, 0.5) is 0 Å². The molecule has 1 rings (SSSR count). The van der Waals surface area contributed by atoms with Gasteiger partial charge in [0, 0.05) is 11.0 Å². The fourth-order valence-electron chi connectivity index (χ4n) is 1.34. The SMILES string of the molecule is C=C(C)C1=CC(C)(C)/C1=C/Cl. The van der Waals surface area contributed by atoms with Gasteiger partial charge in [-0.1, -0.05) is 43.7 Å². The van der Waals surface area contributed by atoms with Crippen molar-refractivity contribution in [2.24, 2.45) is 5.41 Å². The second kappa shape index (κ2) is 2.53. The van der Waals surface area contributed by atoms with E-state index in [0.29, 0.717) is 0 Å². The van der Waals surface area contributed by atoms with Gasteiger partial charge in [-0.15, -0.1) is 0 Å². The van der Waals surface area contributed by atoms with Gasteiger partial charge in [-0.05, 0) is 18.1 Å². The average Bonchev–Trinajstić information content (AvgIpc) is 1.84. The minimum atomic E-state index is 0.149. The molecule has 0 aromatic carbocycles. The van der Waals surface area contributed by atoms with Crippen LogP contribution < -0.4 is 0 Å². The Kier molecular flexibility index (Phi) is 1.98. The van der Waals surface area contributed by atoms with Crippen LogP contribution in [0.25, 0.3) is 0 Å². The van der Waals surface area contributed by atoms with E-state index in [1.807, 2.05) is 6.92 Å². The fraction of sp³-hybridized carbons (Fsp3) is 0.400. The van der Waals surface area contributed by atoms with Gasteiger partial charge in [0.1, 0.15) is 0 Å². The van der Waals surface area contributed by atoms with Crippen molar-refractivity contribution >= 4 is 11.6 Å². The maximum atomic E-state index is 5.68. The average molecular weight is 169 g/mol. The van der Waals surface area contributed by atoms with Gasteiger partial charge >= 0.3 is 0 Å². The highest BCUT2D eigenvalue weighted by atomic mass is 35.5. The third-order valence-electron chi connectivity index (χ3n) is 2.06. The molecule has 0 atom stereocenters. The summed E-state index contributed by atoms with van der Waals surface area (Å²) in [6.45, 7) is 10.2. The van der Waals surface area contributed by atoms with Crippen LogP contribution in [0.3, 0.4) is 0 Å². The number of hydrogen-bond acceptors (Lipinski definition) is 0. The van der Waals surface area contributed by atoms with E-state index < -0.39 is 0 Å². The lowest BCUT2D eigenvalue weighted by atomic mass is 9.68. The first-order valence-corrected chi connectivity index (χ1v) is 4.12. The largest absolute Gasteiger partial charge is 0.0955 e. The van der Waals surface area contributed by atoms with Gasteiger partial charge in [-0.25, -0.2) is 0 Å². The van der Waals surface area contributed by atoms with Crippen molar-refractivity contribution in [3.05, 3.63) is 34.9 Å². The van der Waals surface area contributed by atoms with Crippen LogP contribution in [-0.2, 0) is 0 Å². The molecule has 0 fully saturated rings. The monoisotopic (exact) mass is 168 g/mol. The first-order valence-electron chi connectivity index (χ1n) is 3.69. The minimum absolute atomic E-state index is 0.149. The summed E-state index contributed by atoms with van der Waals surface area (Å²) in [5.41, 5.74) is 5.31. The van der Waals surface area contributed by atoms with Crippen LogP contribution in [-0.4, -0.2) is 0 Å². The summed E-state index contributed by atoms with van der Waals surface area (Å²) in [7, 11) is 0. The van der Waals surface area contributed by atoms with Crippen molar-refractivity contribution in [3.63, 3.8) is 0 Å².